The molecule has 194 valence electrons. The molecule has 0 fully saturated rings. The van der Waals surface area contributed by atoms with Crippen molar-refractivity contribution in [3.05, 3.63) is 18.2 Å². The average Bonchev–Trinajstić information content (AvgIpc) is 3.21. The van der Waals surface area contributed by atoms with Crippen molar-refractivity contribution in [3.8, 4) is 0 Å². The number of aromatic nitrogens is 2. The van der Waals surface area contributed by atoms with Crippen LogP contribution in [-0.4, -0.2) is 4.57 Å². The Bertz CT molecular complexity index is 519. The van der Waals surface area contributed by atoms with E-state index in [0.29, 0.717) is 0 Å². The van der Waals surface area contributed by atoms with Crippen molar-refractivity contribution in [2.24, 2.45) is 0 Å². The van der Waals surface area contributed by atoms with Crippen LogP contribution in [0.1, 0.15) is 168 Å². The van der Waals surface area contributed by atoms with Crippen molar-refractivity contribution in [3.63, 3.8) is 0 Å². The topological polar surface area (TPSA) is 8.81 Å². The molecule has 0 saturated heterocycles. The van der Waals surface area contributed by atoms with Gasteiger partial charge in [-0.25, -0.2) is 9.13 Å². The van der Waals surface area contributed by atoms with Crippen LogP contribution < -0.4 is 4.57 Å². The van der Waals surface area contributed by atoms with Gasteiger partial charge in [0.2, 0.25) is 0 Å². The Morgan fingerprint density at radius 1 is 0.515 bits per heavy atom. The summed E-state index contributed by atoms with van der Waals surface area (Å²) in [6.07, 6.45) is 37.0. The predicted octanol–water partition coefficient (Wildman–Crippen LogP) is 9.96. The van der Waals surface area contributed by atoms with Gasteiger partial charge in [0, 0.05) is 6.42 Å². The third-order valence-corrected chi connectivity index (χ3v) is 7.35. The number of unbranched alkanes of at least 4 members (excludes halogenated alkanes) is 19. The summed E-state index contributed by atoms with van der Waals surface area (Å²) in [7, 11) is 0. The molecule has 0 aliphatic carbocycles. The molecule has 0 unspecified atom stereocenters. The van der Waals surface area contributed by atoms with E-state index in [1.54, 1.807) is 5.82 Å². The average molecular weight is 462 g/mol. The van der Waals surface area contributed by atoms with Gasteiger partial charge >= 0.3 is 0 Å². The van der Waals surface area contributed by atoms with E-state index in [1.807, 2.05) is 0 Å². The van der Waals surface area contributed by atoms with Crippen LogP contribution in [0.3, 0.4) is 0 Å². The van der Waals surface area contributed by atoms with Crippen molar-refractivity contribution < 1.29 is 4.57 Å². The second-order valence-corrected chi connectivity index (χ2v) is 10.6. The summed E-state index contributed by atoms with van der Waals surface area (Å²) in [6.45, 7) is 9.36. The molecule has 0 aromatic carbocycles. The van der Waals surface area contributed by atoms with Crippen molar-refractivity contribution in [1.82, 2.24) is 4.57 Å². The second-order valence-electron chi connectivity index (χ2n) is 10.6. The monoisotopic (exact) mass is 461 g/mol. The van der Waals surface area contributed by atoms with Crippen LogP contribution >= 0.6 is 0 Å². The Morgan fingerprint density at radius 2 is 0.939 bits per heavy atom. The minimum atomic E-state index is 1.22. The number of rotatable bonds is 25. The number of hydrogen-bond acceptors (Lipinski definition) is 0. The molecule has 0 aliphatic heterocycles. The maximum absolute atomic E-state index is 2.59. The first kappa shape index (κ1) is 30.2. The molecular weight excluding hydrogens is 400 g/mol. The minimum Gasteiger partial charge on any atom is -0.234 e. The number of nitrogens with zero attached hydrogens (tertiary/aromatic N) is 2. The summed E-state index contributed by atoms with van der Waals surface area (Å²) in [4.78, 5) is 0. The smallest absolute Gasteiger partial charge is 0.234 e. The zero-order valence-electron chi connectivity index (χ0n) is 23.2. The molecule has 2 heteroatoms. The lowest BCUT2D eigenvalue weighted by molar-refractivity contribution is -0.704. The molecule has 1 rings (SSSR count). The highest BCUT2D eigenvalue weighted by Crippen LogP contribution is 2.13. The highest BCUT2D eigenvalue weighted by Gasteiger charge is 2.16. The van der Waals surface area contributed by atoms with Crippen molar-refractivity contribution in [2.45, 2.75) is 182 Å². The molecule has 1 aromatic rings. The van der Waals surface area contributed by atoms with Gasteiger partial charge in [0.15, 0.2) is 0 Å². The van der Waals surface area contributed by atoms with Gasteiger partial charge in [-0.05, 0) is 32.1 Å². The molecule has 1 aromatic heterocycles. The Balaban J connectivity index is 2.16. The SMILES string of the molecule is CCCCCCCCCCCCCCCC[n+]1ccn(CCCCCC)c1CCCCCC. The molecule has 33 heavy (non-hydrogen) atoms. The van der Waals surface area contributed by atoms with E-state index in [0.717, 1.165) is 0 Å². The first-order chi connectivity index (χ1) is 16.3. The summed E-state index contributed by atoms with van der Waals surface area (Å²) in [5.74, 6) is 1.59. The number of aryl methyl sites for hydroxylation is 2. The molecular formula is C31H61N2+. The van der Waals surface area contributed by atoms with E-state index in [9.17, 15) is 0 Å². The van der Waals surface area contributed by atoms with E-state index in [4.69, 9.17) is 0 Å². The molecule has 0 N–H and O–H groups in total. The second kappa shape index (κ2) is 23.0. The van der Waals surface area contributed by atoms with Crippen LogP contribution in [-0.2, 0) is 19.5 Å². The maximum atomic E-state index is 2.59. The standard InChI is InChI=1S/C31H61N2/c1-4-7-10-13-14-15-16-17-18-19-20-21-22-25-28-33-30-29-32(27-24-12-9-6-3)31(33)26-23-11-8-5-2/h29-30H,4-28H2,1-3H3/q+1. The summed E-state index contributed by atoms with van der Waals surface area (Å²) in [5, 5.41) is 0. The highest BCUT2D eigenvalue weighted by molar-refractivity contribution is 4.84. The van der Waals surface area contributed by atoms with Crippen molar-refractivity contribution in [1.29, 1.82) is 0 Å². The fourth-order valence-electron chi connectivity index (χ4n) is 5.09. The Hall–Kier alpha value is -0.790. The van der Waals surface area contributed by atoms with E-state index >= 15 is 0 Å². The minimum absolute atomic E-state index is 1.22. The quantitative estimate of drug-likeness (QED) is 0.101. The molecule has 0 spiro atoms. The Kier molecular flexibility index (Phi) is 21.1. The van der Waals surface area contributed by atoms with Crippen LogP contribution in [0.2, 0.25) is 0 Å². The van der Waals surface area contributed by atoms with Crippen LogP contribution in [0.25, 0.3) is 0 Å². The summed E-state index contributed by atoms with van der Waals surface area (Å²) < 4.78 is 5.16. The summed E-state index contributed by atoms with van der Waals surface area (Å²) >= 11 is 0. The van der Waals surface area contributed by atoms with E-state index < -0.39 is 0 Å². The zero-order chi connectivity index (χ0) is 23.8. The van der Waals surface area contributed by atoms with E-state index in [1.165, 1.54) is 161 Å². The maximum Gasteiger partial charge on any atom is 0.256 e. The molecule has 0 atom stereocenters. The lowest BCUT2D eigenvalue weighted by atomic mass is 10.0. The van der Waals surface area contributed by atoms with Crippen LogP contribution in [0, 0.1) is 0 Å². The zero-order valence-corrected chi connectivity index (χ0v) is 23.2. The largest absolute Gasteiger partial charge is 0.256 e. The van der Waals surface area contributed by atoms with Gasteiger partial charge in [-0.2, -0.15) is 0 Å². The fraction of sp³-hybridized carbons (Fsp3) is 0.903. The van der Waals surface area contributed by atoms with Gasteiger partial charge in [0.25, 0.3) is 5.82 Å². The van der Waals surface area contributed by atoms with Gasteiger partial charge in [0.05, 0.1) is 13.1 Å². The molecule has 1 heterocycles. The molecule has 2 nitrogen and oxygen atoms in total. The lowest BCUT2D eigenvalue weighted by Crippen LogP contribution is -2.37. The van der Waals surface area contributed by atoms with Crippen molar-refractivity contribution >= 4 is 0 Å². The third kappa shape index (κ3) is 16.5. The molecule has 0 saturated carbocycles. The number of imidazole rings is 1. The molecule has 0 bridgehead atoms. The first-order valence-electron chi connectivity index (χ1n) is 15.4. The lowest BCUT2D eigenvalue weighted by Gasteiger charge is -2.06. The summed E-state index contributed by atoms with van der Waals surface area (Å²) in [5.41, 5.74) is 0. The fourth-order valence-corrected chi connectivity index (χ4v) is 5.09. The summed E-state index contributed by atoms with van der Waals surface area (Å²) in [6, 6.07) is 0. The first-order valence-corrected chi connectivity index (χ1v) is 15.4. The van der Waals surface area contributed by atoms with Crippen LogP contribution in [0.5, 0.6) is 0 Å². The van der Waals surface area contributed by atoms with Gasteiger partial charge in [-0.15, -0.1) is 0 Å². The van der Waals surface area contributed by atoms with Gasteiger partial charge in [-0.3, -0.25) is 0 Å². The molecule has 0 aliphatic rings. The van der Waals surface area contributed by atoms with Gasteiger partial charge in [0.1, 0.15) is 12.4 Å². The third-order valence-electron chi connectivity index (χ3n) is 7.35. The molecule has 0 radical (unpaired) electrons. The van der Waals surface area contributed by atoms with Gasteiger partial charge in [-0.1, -0.05) is 130 Å². The van der Waals surface area contributed by atoms with E-state index in [2.05, 4.69) is 42.3 Å². The van der Waals surface area contributed by atoms with Gasteiger partial charge < -0.3 is 0 Å². The van der Waals surface area contributed by atoms with Crippen LogP contribution in [0.15, 0.2) is 12.4 Å². The highest BCUT2D eigenvalue weighted by atomic mass is 15.1. The molecule has 0 amide bonds. The van der Waals surface area contributed by atoms with E-state index in [-0.39, 0.29) is 0 Å². The van der Waals surface area contributed by atoms with Crippen molar-refractivity contribution in [2.75, 3.05) is 0 Å². The number of hydrogen-bond donors (Lipinski definition) is 0. The van der Waals surface area contributed by atoms with Crippen LogP contribution in [0.4, 0.5) is 0 Å². The predicted molar refractivity (Wildman–Crippen MR) is 147 cm³/mol. The Morgan fingerprint density at radius 3 is 1.45 bits per heavy atom. The Labute approximate surface area is 208 Å². The normalized spacial score (nSPS) is 11.5.